The number of alkyl halides is 3. The summed E-state index contributed by atoms with van der Waals surface area (Å²) in [5.41, 5.74) is 1.52. The highest BCUT2D eigenvalue weighted by Crippen LogP contribution is 2.37. The molecule has 0 saturated heterocycles. The molecule has 4 heteroatoms. The van der Waals surface area contributed by atoms with Gasteiger partial charge in [-0.15, -0.1) is 0 Å². The van der Waals surface area contributed by atoms with Gasteiger partial charge in [-0.25, -0.2) is 0 Å². The number of rotatable bonds is 3. The van der Waals surface area contributed by atoms with Gasteiger partial charge in [0.05, 0.1) is 17.2 Å². The van der Waals surface area contributed by atoms with Crippen LogP contribution < -0.4 is 0 Å². The van der Waals surface area contributed by atoms with Crippen LogP contribution in [0.15, 0.2) is 78.9 Å². The SMILES string of the molecule is N#Cc1ccc(C(F)(F)F)cc1C(c1ccccc1)c1ccccc1. The molecule has 0 radical (unpaired) electrons. The van der Waals surface area contributed by atoms with Crippen LogP contribution >= 0.6 is 0 Å². The Morgan fingerprint density at radius 3 is 1.72 bits per heavy atom. The van der Waals surface area contributed by atoms with Crippen molar-refractivity contribution in [3.8, 4) is 6.07 Å². The number of nitriles is 1. The van der Waals surface area contributed by atoms with E-state index in [2.05, 4.69) is 0 Å². The van der Waals surface area contributed by atoms with Crippen molar-refractivity contribution in [3.63, 3.8) is 0 Å². The van der Waals surface area contributed by atoms with Crippen LogP contribution in [0.4, 0.5) is 13.2 Å². The molecule has 0 amide bonds. The van der Waals surface area contributed by atoms with E-state index >= 15 is 0 Å². The maximum Gasteiger partial charge on any atom is 0.416 e. The Kier molecular flexibility index (Phi) is 4.58. The van der Waals surface area contributed by atoms with E-state index in [4.69, 9.17) is 0 Å². The van der Waals surface area contributed by atoms with Crippen molar-refractivity contribution in [3.05, 3.63) is 107 Å². The van der Waals surface area contributed by atoms with E-state index in [9.17, 15) is 18.4 Å². The molecule has 124 valence electrons. The van der Waals surface area contributed by atoms with E-state index in [1.54, 1.807) is 0 Å². The van der Waals surface area contributed by atoms with E-state index in [-0.39, 0.29) is 5.56 Å². The second kappa shape index (κ2) is 6.82. The predicted molar refractivity (Wildman–Crippen MR) is 90.0 cm³/mol. The Hall–Kier alpha value is -3.06. The minimum atomic E-state index is -4.46. The lowest BCUT2D eigenvalue weighted by atomic mass is 9.82. The van der Waals surface area contributed by atoms with E-state index in [1.165, 1.54) is 6.07 Å². The standard InChI is InChI=1S/C21H14F3N/c22-21(23,24)18-12-11-17(14-25)19(13-18)20(15-7-3-1-4-8-15)16-9-5-2-6-10-16/h1-13,20H. The summed E-state index contributed by atoms with van der Waals surface area (Å²) in [6.45, 7) is 0. The normalized spacial score (nSPS) is 11.3. The van der Waals surface area contributed by atoms with Crippen LogP contribution in [-0.2, 0) is 6.18 Å². The summed E-state index contributed by atoms with van der Waals surface area (Å²) >= 11 is 0. The number of benzene rings is 3. The minimum Gasteiger partial charge on any atom is -0.192 e. The van der Waals surface area contributed by atoms with Gasteiger partial charge >= 0.3 is 6.18 Å². The quantitative estimate of drug-likeness (QED) is 0.558. The molecular weight excluding hydrogens is 323 g/mol. The molecule has 0 atom stereocenters. The van der Waals surface area contributed by atoms with Crippen molar-refractivity contribution in [2.45, 2.75) is 12.1 Å². The molecule has 0 spiro atoms. The fourth-order valence-corrected chi connectivity index (χ4v) is 2.92. The van der Waals surface area contributed by atoms with Crippen molar-refractivity contribution < 1.29 is 13.2 Å². The molecule has 3 rings (SSSR count). The Balaban J connectivity index is 2.25. The number of hydrogen-bond acceptors (Lipinski definition) is 1. The summed E-state index contributed by atoms with van der Waals surface area (Å²) in [7, 11) is 0. The fraction of sp³-hybridized carbons (Fsp3) is 0.0952. The first-order chi connectivity index (χ1) is 12.0. The van der Waals surface area contributed by atoms with Crippen LogP contribution in [0.25, 0.3) is 0 Å². The molecule has 0 aromatic heterocycles. The Morgan fingerprint density at radius 2 is 1.28 bits per heavy atom. The van der Waals surface area contributed by atoms with Crippen molar-refractivity contribution in [1.29, 1.82) is 5.26 Å². The van der Waals surface area contributed by atoms with Gasteiger partial charge in [0.15, 0.2) is 0 Å². The van der Waals surface area contributed by atoms with Crippen LogP contribution in [0.5, 0.6) is 0 Å². The van der Waals surface area contributed by atoms with E-state index in [1.807, 2.05) is 66.7 Å². The molecule has 0 unspecified atom stereocenters. The average molecular weight is 337 g/mol. The second-order valence-electron chi connectivity index (χ2n) is 5.67. The van der Waals surface area contributed by atoms with Gasteiger partial charge < -0.3 is 0 Å². The number of hydrogen-bond donors (Lipinski definition) is 0. The van der Waals surface area contributed by atoms with Gasteiger partial charge in [-0.3, -0.25) is 0 Å². The van der Waals surface area contributed by atoms with Gasteiger partial charge in [-0.1, -0.05) is 60.7 Å². The molecule has 0 aliphatic heterocycles. The first kappa shape index (κ1) is 16.8. The average Bonchev–Trinajstić information content (AvgIpc) is 2.63. The third-order valence-electron chi connectivity index (χ3n) is 4.08. The Bertz CT molecular complexity index is 854. The van der Waals surface area contributed by atoms with Crippen molar-refractivity contribution in [2.75, 3.05) is 0 Å². The zero-order valence-electron chi connectivity index (χ0n) is 13.2. The molecular formula is C21H14F3N. The second-order valence-corrected chi connectivity index (χ2v) is 5.67. The molecule has 0 saturated carbocycles. The lowest BCUT2D eigenvalue weighted by molar-refractivity contribution is -0.137. The third-order valence-corrected chi connectivity index (χ3v) is 4.08. The van der Waals surface area contributed by atoms with Crippen molar-refractivity contribution >= 4 is 0 Å². The lowest BCUT2D eigenvalue weighted by Crippen LogP contribution is -2.10. The van der Waals surface area contributed by atoms with Crippen LogP contribution in [0.1, 0.15) is 33.7 Å². The maximum atomic E-state index is 13.2. The first-order valence-electron chi connectivity index (χ1n) is 7.72. The van der Waals surface area contributed by atoms with Gasteiger partial charge in [-0.2, -0.15) is 18.4 Å². The van der Waals surface area contributed by atoms with Crippen molar-refractivity contribution in [2.24, 2.45) is 0 Å². The smallest absolute Gasteiger partial charge is 0.192 e. The zero-order valence-corrected chi connectivity index (χ0v) is 13.2. The molecule has 0 N–H and O–H groups in total. The number of nitrogens with zero attached hydrogens (tertiary/aromatic N) is 1. The molecule has 0 aliphatic carbocycles. The molecule has 3 aromatic carbocycles. The highest BCUT2D eigenvalue weighted by molar-refractivity contribution is 5.51. The van der Waals surface area contributed by atoms with Gasteiger partial charge in [-0.05, 0) is 34.9 Å². The summed E-state index contributed by atoms with van der Waals surface area (Å²) in [6, 6.07) is 23.8. The summed E-state index contributed by atoms with van der Waals surface area (Å²) in [5.74, 6) is -0.445. The molecule has 0 aliphatic rings. The van der Waals surface area contributed by atoms with Gasteiger partial charge in [0.2, 0.25) is 0 Å². The monoisotopic (exact) mass is 337 g/mol. The van der Waals surface area contributed by atoms with Crippen LogP contribution in [0, 0.1) is 11.3 Å². The topological polar surface area (TPSA) is 23.8 Å². The third kappa shape index (κ3) is 3.56. The molecule has 25 heavy (non-hydrogen) atoms. The van der Waals surface area contributed by atoms with E-state index in [0.717, 1.165) is 23.3 Å². The van der Waals surface area contributed by atoms with Crippen LogP contribution in [0.3, 0.4) is 0 Å². The Labute approximate surface area is 144 Å². The van der Waals surface area contributed by atoms with Crippen LogP contribution in [-0.4, -0.2) is 0 Å². The lowest BCUT2D eigenvalue weighted by Gasteiger charge is -2.21. The molecule has 3 aromatic rings. The van der Waals surface area contributed by atoms with E-state index < -0.39 is 17.7 Å². The predicted octanol–water partition coefficient (Wildman–Crippen LogP) is 5.76. The van der Waals surface area contributed by atoms with Gasteiger partial charge in [0.25, 0.3) is 0 Å². The van der Waals surface area contributed by atoms with Gasteiger partial charge in [0, 0.05) is 5.92 Å². The molecule has 0 bridgehead atoms. The Morgan fingerprint density at radius 1 is 0.760 bits per heavy atom. The van der Waals surface area contributed by atoms with Crippen molar-refractivity contribution in [1.82, 2.24) is 0 Å². The first-order valence-corrected chi connectivity index (χ1v) is 7.72. The summed E-state index contributed by atoms with van der Waals surface area (Å²) in [6.07, 6.45) is -4.46. The molecule has 0 fully saturated rings. The summed E-state index contributed by atoms with van der Waals surface area (Å²) < 4.78 is 39.6. The molecule has 0 heterocycles. The van der Waals surface area contributed by atoms with E-state index in [0.29, 0.717) is 5.56 Å². The highest BCUT2D eigenvalue weighted by atomic mass is 19.4. The minimum absolute atomic E-state index is 0.241. The summed E-state index contributed by atoms with van der Waals surface area (Å²) in [5, 5.41) is 9.42. The molecule has 1 nitrogen and oxygen atoms in total. The van der Waals surface area contributed by atoms with Crippen LogP contribution in [0.2, 0.25) is 0 Å². The largest absolute Gasteiger partial charge is 0.416 e. The maximum absolute atomic E-state index is 13.2. The number of halogens is 3. The zero-order chi connectivity index (χ0) is 17.9. The summed E-state index contributed by atoms with van der Waals surface area (Å²) in [4.78, 5) is 0. The fourth-order valence-electron chi connectivity index (χ4n) is 2.92. The highest BCUT2D eigenvalue weighted by Gasteiger charge is 2.32. The van der Waals surface area contributed by atoms with Gasteiger partial charge in [0.1, 0.15) is 0 Å².